The number of rotatable bonds is 4. The van der Waals surface area contributed by atoms with Crippen molar-refractivity contribution in [2.24, 2.45) is 17.8 Å². The minimum Gasteiger partial charge on any atom is -0.490 e. The van der Waals surface area contributed by atoms with E-state index in [4.69, 9.17) is 25.6 Å². The van der Waals surface area contributed by atoms with Crippen LogP contribution in [0.25, 0.3) is 0 Å². The molecule has 5 aliphatic rings. The number of aldehydes is 1. The van der Waals surface area contributed by atoms with Gasteiger partial charge in [-0.25, -0.2) is 13.1 Å². The minimum atomic E-state index is -3.97. The molecule has 8 rings (SSSR count). The summed E-state index contributed by atoms with van der Waals surface area (Å²) >= 11 is 6.40. The number of anilines is 1. The van der Waals surface area contributed by atoms with Crippen molar-refractivity contribution in [3.63, 3.8) is 0 Å². The first-order chi connectivity index (χ1) is 27.3. The van der Waals surface area contributed by atoms with Gasteiger partial charge in [0.05, 0.1) is 24.1 Å². The number of fused-ring (bicyclic) bond motifs is 4. The molecule has 1 saturated carbocycles. The van der Waals surface area contributed by atoms with E-state index in [0.717, 1.165) is 82.6 Å². The molecule has 1 aromatic heterocycles. The maximum absolute atomic E-state index is 13.4. The lowest BCUT2D eigenvalue weighted by Gasteiger charge is -2.48. The Morgan fingerprint density at radius 1 is 1.12 bits per heavy atom. The summed E-state index contributed by atoms with van der Waals surface area (Å²) in [6.07, 6.45) is 9.65. The van der Waals surface area contributed by atoms with Gasteiger partial charge < -0.3 is 24.2 Å². The van der Waals surface area contributed by atoms with E-state index in [1.807, 2.05) is 32.1 Å². The van der Waals surface area contributed by atoms with Gasteiger partial charge >= 0.3 is 0 Å². The SMILES string of the molecule is CO[C@@]1(C=O)/C=C/C[C@H](C)[C@@H](C)S(=O)(=O)NC(=O)c2ccc3c(c2)N(C[C@@H]2CC[C@H]21)C[C@@]1(CCCc2cc(Cl)ccc21)CO3.Cc1nc(CN2CCNCC2)no1. The smallest absolute Gasteiger partial charge is 0.264 e. The van der Waals surface area contributed by atoms with Gasteiger partial charge in [-0.3, -0.25) is 14.5 Å². The quantitative estimate of drug-likeness (QED) is 0.261. The van der Waals surface area contributed by atoms with Gasteiger partial charge in [0.15, 0.2) is 12.1 Å². The molecule has 1 amide bonds. The van der Waals surface area contributed by atoms with E-state index in [-0.39, 0.29) is 28.7 Å². The van der Waals surface area contributed by atoms with Gasteiger partial charge in [-0.05, 0) is 105 Å². The fourth-order valence-electron chi connectivity index (χ4n) is 9.16. The predicted octanol–water partition coefficient (Wildman–Crippen LogP) is 5.25. The highest BCUT2D eigenvalue weighted by Crippen LogP contribution is 2.48. The summed E-state index contributed by atoms with van der Waals surface area (Å²) in [6.45, 7) is 12.0. The van der Waals surface area contributed by atoms with Crippen LogP contribution >= 0.6 is 11.6 Å². The van der Waals surface area contributed by atoms with E-state index in [1.54, 1.807) is 32.2 Å². The van der Waals surface area contributed by atoms with E-state index < -0.39 is 26.8 Å². The van der Waals surface area contributed by atoms with E-state index in [2.05, 4.69) is 42.1 Å². The van der Waals surface area contributed by atoms with Crippen LogP contribution in [0.3, 0.4) is 0 Å². The predicted molar refractivity (Wildman–Crippen MR) is 218 cm³/mol. The molecule has 0 unspecified atom stereocenters. The summed E-state index contributed by atoms with van der Waals surface area (Å²) in [4.78, 5) is 34.9. The average molecular weight is 823 g/mol. The Morgan fingerprint density at radius 3 is 2.63 bits per heavy atom. The fraction of sp³-hybridized carbons (Fsp3) is 0.571. The van der Waals surface area contributed by atoms with Crippen molar-refractivity contribution in [1.82, 2.24) is 25.1 Å². The van der Waals surface area contributed by atoms with Gasteiger partial charge in [-0.15, -0.1) is 0 Å². The fourth-order valence-corrected chi connectivity index (χ4v) is 10.6. The number of hydrogen-bond acceptors (Lipinski definition) is 12. The summed E-state index contributed by atoms with van der Waals surface area (Å²) in [5.41, 5.74) is 2.05. The second-order valence-electron chi connectivity index (χ2n) is 16.5. The van der Waals surface area contributed by atoms with E-state index in [0.29, 0.717) is 42.8 Å². The van der Waals surface area contributed by atoms with Gasteiger partial charge in [0.25, 0.3) is 5.91 Å². The molecule has 6 atom stereocenters. The molecule has 3 aliphatic heterocycles. The van der Waals surface area contributed by atoms with Crippen LogP contribution in [0.1, 0.15) is 79.2 Å². The molecule has 2 bridgehead atoms. The molecule has 15 heteroatoms. The highest BCUT2D eigenvalue weighted by atomic mass is 35.5. The molecule has 2 fully saturated rings. The Hall–Kier alpha value is -3.82. The van der Waals surface area contributed by atoms with Crippen LogP contribution in [0, 0.1) is 24.7 Å². The number of ether oxygens (including phenoxy) is 2. The summed E-state index contributed by atoms with van der Waals surface area (Å²) in [6, 6.07) is 11.3. The highest BCUT2D eigenvalue weighted by molar-refractivity contribution is 7.90. The topological polar surface area (TPSA) is 156 Å². The van der Waals surface area contributed by atoms with Crippen LogP contribution in [-0.2, 0) is 37.9 Å². The van der Waals surface area contributed by atoms with E-state index >= 15 is 0 Å². The molecule has 2 N–H and O–H groups in total. The van der Waals surface area contributed by atoms with Gasteiger partial charge in [-0.1, -0.05) is 35.8 Å². The number of hydrogen-bond donors (Lipinski definition) is 2. The lowest BCUT2D eigenvalue weighted by Crippen LogP contribution is -2.53. The molecule has 13 nitrogen and oxygen atoms in total. The number of sulfonamides is 1. The van der Waals surface area contributed by atoms with E-state index in [1.165, 1.54) is 11.1 Å². The number of piperazine rings is 1. The first-order valence-electron chi connectivity index (χ1n) is 20.1. The largest absolute Gasteiger partial charge is 0.490 e. The maximum Gasteiger partial charge on any atom is 0.264 e. The molecular weight excluding hydrogens is 768 g/mol. The second kappa shape index (κ2) is 17.2. The monoisotopic (exact) mass is 822 g/mol. The summed E-state index contributed by atoms with van der Waals surface area (Å²) < 4.78 is 46.2. The Balaban J connectivity index is 0.000000322. The van der Waals surface area contributed by atoms with Crippen molar-refractivity contribution < 1.29 is 32.0 Å². The maximum atomic E-state index is 13.4. The van der Waals surface area contributed by atoms with Crippen molar-refractivity contribution in [3.8, 4) is 5.75 Å². The Bertz CT molecular complexity index is 2070. The average Bonchev–Trinajstić information content (AvgIpc) is 3.54. The van der Waals surface area contributed by atoms with Gasteiger partial charge in [-0.2, -0.15) is 4.98 Å². The van der Waals surface area contributed by atoms with Crippen LogP contribution in [0.5, 0.6) is 5.75 Å². The Morgan fingerprint density at radius 2 is 1.93 bits per heavy atom. The highest BCUT2D eigenvalue weighted by Gasteiger charge is 2.49. The zero-order valence-corrected chi connectivity index (χ0v) is 34.9. The van der Waals surface area contributed by atoms with Crippen LogP contribution in [0.4, 0.5) is 5.69 Å². The van der Waals surface area contributed by atoms with E-state index in [9.17, 15) is 18.0 Å². The van der Waals surface area contributed by atoms with Crippen LogP contribution < -0.4 is 19.7 Å². The molecule has 2 aromatic carbocycles. The lowest BCUT2D eigenvalue weighted by atomic mass is 9.64. The van der Waals surface area contributed by atoms with Crippen LogP contribution in [-0.4, -0.2) is 99.5 Å². The van der Waals surface area contributed by atoms with Crippen molar-refractivity contribution in [2.45, 2.75) is 82.1 Å². The minimum absolute atomic E-state index is 0.0434. The van der Waals surface area contributed by atoms with Crippen molar-refractivity contribution in [2.75, 3.05) is 57.9 Å². The zero-order valence-electron chi connectivity index (χ0n) is 33.3. The number of carbonyl (C=O) groups is 2. The van der Waals surface area contributed by atoms with Gasteiger partial charge in [0.1, 0.15) is 11.4 Å². The first-order valence-corrected chi connectivity index (χ1v) is 22.1. The van der Waals surface area contributed by atoms with Crippen molar-refractivity contribution in [3.05, 3.63) is 82.0 Å². The number of aromatic nitrogens is 2. The number of halogens is 1. The number of allylic oxidation sites excluding steroid dienone is 1. The molecule has 2 aliphatic carbocycles. The molecule has 1 saturated heterocycles. The number of carbonyl (C=O) groups excluding carboxylic acids is 2. The number of benzene rings is 2. The molecule has 57 heavy (non-hydrogen) atoms. The number of aryl methyl sites for hydroxylation is 2. The standard InChI is InChI=1S/C34H41ClN2O6S.C8H14N4O/c1-22-6-4-15-34(20-38,42-3)29-11-8-26(29)18-37-19-33(14-5-7-24-16-27(35)10-12-28(24)33)21-43-31-13-9-25(17-30(31)37)32(39)36-44(40,41)23(22)2;1-7-10-8(11-13-7)6-12-4-2-9-3-5-12/h4,9-10,12-13,15-17,20,22-23,26,29H,5-8,11,14,18-19,21H2,1-3H3,(H,36,39);9H,2-6H2,1H3/b15-4+;/t22-,23+,26-,29+,33-,34+;/m0./s1. The summed E-state index contributed by atoms with van der Waals surface area (Å²) in [5, 5.41) is 7.04. The van der Waals surface area contributed by atoms with Crippen molar-refractivity contribution in [1.29, 1.82) is 0 Å². The van der Waals surface area contributed by atoms with Crippen LogP contribution in [0.15, 0.2) is 53.1 Å². The molecule has 4 heterocycles. The number of amides is 1. The van der Waals surface area contributed by atoms with Crippen molar-refractivity contribution >= 4 is 39.5 Å². The van der Waals surface area contributed by atoms with Gasteiger partial charge in [0, 0.05) is 75.2 Å². The number of methoxy groups -OCH3 is 1. The third-order valence-corrected chi connectivity index (χ3v) is 15.0. The molecule has 1 spiro atoms. The third-order valence-electron chi connectivity index (χ3n) is 12.8. The second-order valence-corrected chi connectivity index (χ2v) is 18.9. The molecular formula is C42H55ClN6O7S. The third kappa shape index (κ3) is 8.80. The Kier molecular flexibility index (Phi) is 12.5. The summed E-state index contributed by atoms with van der Waals surface area (Å²) in [5.74, 6) is 1.23. The molecule has 308 valence electrons. The number of nitrogens with zero attached hydrogens (tertiary/aromatic N) is 4. The molecule has 3 aromatic rings. The van der Waals surface area contributed by atoms with Gasteiger partial charge in [0.2, 0.25) is 15.9 Å². The Labute approximate surface area is 340 Å². The zero-order chi connectivity index (χ0) is 40.4. The first kappa shape index (κ1) is 41.3. The van der Waals surface area contributed by atoms with Crippen LogP contribution in [0.2, 0.25) is 5.02 Å². The summed E-state index contributed by atoms with van der Waals surface area (Å²) in [7, 11) is -2.41. The molecule has 0 radical (unpaired) electrons. The normalized spacial score (nSPS) is 30.5. The lowest BCUT2D eigenvalue weighted by molar-refractivity contribution is -0.135. The number of nitrogens with one attached hydrogen (secondary N) is 2.